The maximum atomic E-state index is 10.6. The number of fused-ring (bicyclic) bond motifs is 1. The normalized spacial score (nSPS) is 10.5. The summed E-state index contributed by atoms with van der Waals surface area (Å²) in [6, 6.07) is 13.9. The molecule has 1 N–H and O–H groups in total. The highest BCUT2D eigenvalue weighted by atomic mass is 79.9. The van der Waals surface area contributed by atoms with Crippen LogP contribution in [-0.4, -0.2) is 15.1 Å². The zero-order valence-electron chi connectivity index (χ0n) is 10.7. The maximum Gasteiger partial charge on any atom is 0.269 e. The molecule has 3 aromatic rings. The van der Waals surface area contributed by atoms with Gasteiger partial charge in [-0.25, -0.2) is 0 Å². The van der Waals surface area contributed by atoms with Crippen molar-refractivity contribution >= 4 is 43.9 Å². The van der Waals surface area contributed by atoms with E-state index in [1.54, 1.807) is 12.1 Å². The van der Waals surface area contributed by atoms with Crippen molar-refractivity contribution < 1.29 is 4.92 Å². The SMILES string of the molecule is O=[N+]([O-])c1ccc(Nc2nnc(Br)c3ccccc23)cc1. The second kappa shape index (κ2) is 5.45. The van der Waals surface area contributed by atoms with Crippen LogP contribution in [0, 0.1) is 10.1 Å². The highest BCUT2D eigenvalue weighted by molar-refractivity contribution is 9.10. The minimum Gasteiger partial charge on any atom is -0.338 e. The van der Waals surface area contributed by atoms with Crippen molar-refractivity contribution in [2.75, 3.05) is 5.32 Å². The summed E-state index contributed by atoms with van der Waals surface area (Å²) >= 11 is 3.37. The van der Waals surface area contributed by atoms with E-state index in [-0.39, 0.29) is 5.69 Å². The number of aromatic nitrogens is 2. The number of nitro groups is 1. The Hall–Kier alpha value is -2.54. The van der Waals surface area contributed by atoms with Crippen molar-refractivity contribution in [3.8, 4) is 0 Å². The van der Waals surface area contributed by atoms with Crippen LogP contribution in [0.1, 0.15) is 0 Å². The fraction of sp³-hybridized carbons (Fsp3) is 0. The third-order valence-electron chi connectivity index (χ3n) is 2.98. The number of hydrogen-bond donors (Lipinski definition) is 1. The van der Waals surface area contributed by atoms with Gasteiger partial charge in [-0.15, -0.1) is 10.2 Å². The van der Waals surface area contributed by atoms with Gasteiger partial charge >= 0.3 is 0 Å². The maximum absolute atomic E-state index is 10.6. The van der Waals surface area contributed by atoms with Crippen molar-refractivity contribution in [2.24, 2.45) is 0 Å². The fourth-order valence-electron chi connectivity index (χ4n) is 1.97. The van der Waals surface area contributed by atoms with Crippen LogP contribution in [0.4, 0.5) is 17.2 Å². The summed E-state index contributed by atoms with van der Waals surface area (Å²) in [5.41, 5.74) is 0.759. The van der Waals surface area contributed by atoms with Gasteiger partial charge in [-0.3, -0.25) is 10.1 Å². The smallest absolute Gasteiger partial charge is 0.269 e. The van der Waals surface area contributed by atoms with Gasteiger partial charge in [0.05, 0.1) is 4.92 Å². The van der Waals surface area contributed by atoms with Crippen LogP contribution in [0.25, 0.3) is 10.8 Å². The minimum atomic E-state index is -0.432. The Morgan fingerprint density at radius 2 is 1.67 bits per heavy atom. The van der Waals surface area contributed by atoms with E-state index in [9.17, 15) is 10.1 Å². The van der Waals surface area contributed by atoms with Crippen molar-refractivity contribution in [3.05, 3.63) is 63.2 Å². The fourth-order valence-corrected chi connectivity index (χ4v) is 2.39. The summed E-state index contributed by atoms with van der Waals surface area (Å²) in [6.45, 7) is 0. The summed E-state index contributed by atoms with van der Waals surface area (Å²) in [6.07, 6.45) is 0. The number of halogens is 1. The largest absolute Gasteiger partial charge is 0.338 e. The molecule has 0 unspecified atom stereocenters. The first-order chi connectivity index (χ1) is 10.1. The van der Waals surface area contributed by atoms with Crippen molar-refractivity contribution in [1.29, 1.82) is 0 Å². The number of hydrogen-bond acceptors (Lipinski definition) is 5. The molecular formula is C14H9BrN4O2. The van der Waals surface area contributed by atoms with Gasteiger partial charge in [0.2, 0.25) is 0 Å². The van der Waals surface area contributed by atoms with Gasteiger partial charge in [0, 0.05) is 28.6 Å². The lowest BCUT2D eigenvalue weighted by Crippen LogP contribution is -1.98. The molecule has 0 aliphatic carbocycles. The third kappa shape index (κ3) is 2.68. The number of benzene rings is 2. The van der Waals surface area contributed by atoms with E-state index in [1.807, 2.05) is 24.3 Å². The van der Waals surface area contributed by atoms with Crippen LogP contribution >= 0.6 is 15.9 Å². The average Bonchev–Trinajstić information content (AvgIpc) is 2.51. The van der Waals surface area contributed by atoms with E-state index in [2.05, 4.69) is 31.4 Å². The molecule has 7 heteroatoms. The second-order valence-electron chi connectivity index (χ2n) is 4.31. The molecule has 0 amide bonds. The summed E-state index contributed by atoms with van der Waals surface area (Å²) < 4.78 is 0.673. The lowest BCUT2D eigenvalue weighted by Gasteiger charge is -2.08. The van der Waals surface area contributed by atoms with Gasteiger partial charge in [-0.05, 0) is 28.1 Å². The molecule has 0 aliphatic heterocycles. The van der Waals surface area contributed by atoms with Crippen molar-refractivity contribution in [3.63, 3.8) is 0 Å². The van der Waals surface area contributed by atoms with E-state index in [4.69, 9.17) is 0 Å². The first-order valence-electron chi connectivity index (χ1n) is 6.07. The molecule has 0 saturated heterocycles. The lowest BCUT2D eigenvalue weighted by molar-refractivity contribution is -0.384. The van der Waals surface area contributed by atoms with E-state index >= 15 is 0 Å². The highest BCUT2D eigenvalue weighted by Gasteiger charge is 2.08. The van der Waals surface area contributed by atoms with Crippen LogP contribution in [0.5, 0.6) is 0 Å². The van der Waals surface area contributed by atoms with Crippen LogP contribution in [0.3, 0.4) is 0 Å². The molecule has 3 rings (SSSR count). The Labute approximate surface area is 128 Å². The van der Waals surface area contributed by atoms with E-state index in [1.165, 1.54) is 12.1 Å². The standard InChI is InChI=1S/C14H9BrN4O2/c15-13-11-3-1-2-4-12(11)14(18-17-13)16-9-5-7-10(8-6-9)19(20)21/h1-8H,(H,16,18). The topological polar surface area (TPSA) is 81.0 Å². The zero-order valence-corrected chi connectivity index (χ0v) is 12.2. The summed E-state index contributed by atoms with van der Waals surface area (Å²) in [5, 5.41) is 23.8. The van der Waals surface area contributed by atoms with E-state index < -0.39 is 4.92 Å². The molecule has 6 nitrogen and oxygen atoms in total. The summed E-state index contributed by atoms with van der Waals surface area (Å²) in [4.78, 5) is 10.2. The molecule has 0 fully saturated rings. The molecule has 2 aromatic carbocycles. The quantitative estimate of drug-likeness (QED) is 0.572. The van der Waals surface area contributed by atoms with Crippen LogP contribution < -0.4 is 5.32 Å². The second-order valence-corrected chi connectivity index (χ2v) is 5.07. The molecule has 0 bridgehead atoms. The van der Waals surface area contributed by atoms with Gasteiger partial charge in [-0.1, -0.05) is 24.3 Å². The molecule has 0 spiro atoms. The monoisotopic (exact) mass is 344 g/mol. The van der Waals surface area contributed by atoms with Crippen LogP contribution in [-0.2, 0) is 0 Å². The van der Waals surface area contributed by atoms with Crippen molar-refractivity contribution in [1.82, 2.24) is 10.2 Å². The van der Waals surface area contributed by atoms with E-state index in [0.717, 1.165) is 10.8 Å². The molecule has 1 aromatic heterocycles. The Balaban J connectivity index is 1.98. The summed E-state index contributed by atoms with van der Waals surface area (Å²) in [5.74, 6) is 0.600. The predicted molar refractivity (Wildman–Crippen MR) is 83.6 cm³/mol. The Morgan fingerprint density at radius 1 is 1.00 bits per heavy atom. The van der Waals surface area contributed by atoms with Gasteiger partial charge in [0.25, 0.3) is 5.69 Å². The number of nitrogens with zero attached hydrogens (tertiary/aromatic N) is 3. The first-order valence-corrected chi connectivity index (χ1v) is 6.87. The Bertz CT molecular complexity index is 821. The van der Waals surface area contributed by atoms with Gasteiger partial charge in [-0.2, -0.15) is 0 Å². The predicted octanol–water partition coefficient (Wildman–Crippen LogP) is 4.04. The Morgan fingerprint density at radius 3 is 2.33 bits per heavy atom. The number of nitro benzene ring substituents is 1. The molecule has 0 saturated carbocycles. The van der Waals surface area contributed by atoms with E-state index in [0.29, 0.717) is 16.1 Å². The van der Waals surface area contributed by atoms with Crippen LogP contribution in [0.15, 0.2) is 53.1 Å². The van der Waals surface area contributed by atoms with Gasteiger partial charge < -0.3 is 5.32 Å². The highest BCUT2D eigenvalue weighted by Crippen LogP contribution is 2.28. The third-order valence-corrected chi connectivity index (χ3v) is 3.57. The Kier molecular flexibility index (Phi) is 3.49. The van der Waals surface area contributed by atoms with Crippen molar-refractivity contribution in [2.45, 2.75) is 0 Å². The first kappa shape index (κ1) is 13.4. The van der Waals surface area contributed by atoms with Gasteiger partial charge in [0.1, 0.15) is 4.60 Å². The molecule has 0 radical (unpaired) electrons. The summed E-state index contributed by atoms with van der Waals surface area (Å²) in [7, 11) is 0. The molecular weight excluding hydrogens is 336 g/mol. The molecule has 104 valence electrons. The minimum absolute atomic E-state index is 0.0484. The molecule has 0 aliphatic rings. The van der Waals surface area contributed by atoms with Gasteiger partial charge in [0.15, 0.2) is 5.82 Å². The number of non-ortho nitro benzene ring substituents is 1. The number of anilines is 2. The number of rotatable bonds is 3. The van der Waals surface area contributed by atoms with Crippen LogP contribution in [0.2, 0.25) is 0 Å². The zero-order chi connectivity index (χ0) is 14.8. The lowest BCUT2D eigenvalue weighted by atomic mass is 10.2. The molecule has 21 heavy (non-hydrogen) atoms. The molecule has 0 atom stereocenters. The molecule has 1 heterocycles. The number of nitrogens with one attached hydrogen (secondary N) is 1. The average molecular weight is 345 g/mol.